The lowest BCUT2D eigenvalue weighted by Gasteiger charge is -2.15. The molecule has 0 spiro atoms. The van der Waals surface area contributed by atoms with E-state index in [0.717, 1.165) is 39.5 Å². The smallest absolute Gasteiger partial charge is 0.104 e. The molecule has 0 radical (unpaired) electrons. The van der Waals surface area contributed by atoms with E-state index in [4.69, 9.17) is 14.2 Å². The van der Waals surface area contributed by atoms with Gasteiger partial charge in [0, 0.05) is 27.9 Å². The van der Waals surface area contributed by atoms with Gasteiger partial charge in [-0.15, -0.1) is 0 Å². The molecule has 0 N–H and O–H groups in total. The monoisotopic (exact) mass is 246 g/mol. The Hall–Kier alpha value is 0.0969. The fourth-order valence-electron chi connectivity index (χ4n) is 1.45. The molecule has 1 rings (SSSR count). The summed E-state index contributed by atoms with van der Waals surface area (Å²) in [5.74, 6) is 0. The zero-order valence-electron chi connectivity index (χ0n) is 11.0. The maximum atomic E-state index is 5.56. The minimum atomic E-state index is -0.863. The van der Waals surface area contributed by atoms with Gasteiger partial charge in [0.25, 0.3) is 0 Å². The minimum Gasteiger partial charge on any atom is -0.381 e. The summed E-state index contributed by atoms with van der Waals surface area (Å²) in [7, 11) is -0.863. The predicted octanol–water partition coefficient (Wildman–Crippen LogP) is 2.54. The zero-order chi connectivity index (χ0) is 11.9. The fraction of sp³-hybridized carbons (Fsp3) is 1.00. The van der Waals surface area contributed by atoms with Crippen molar-refractivity contribution >= 4 is 8.07 Å². The van der Waals surface area contributed by atoms with Crippen LogP contribution in [0.4, 0.5) is 0 Å². The van der Waals surface area contributed by atoms with Crippen LogP contribution in [0.5, 0.6) is 0 Å². The highest BCUT2D eigenvalue weighted by atomic mass is 28.3. The van der Waals surface area contributed by atoms with Gasteiger partial charge in [-0.1, -0.05) is 25.7 Å². The molecule has 0 amide bonds. The maximum absolute atomic E-state index is 5.56. The van der Waals surface area contributed by atoms with Crippen LogP contribution in [0.15, 0.2) is 0 Å². The molecule has 0 aliphatic carbocycles. The van der Waals surface area contributed by atoms with Crippen molar-refractivity contribution in [2.75, 3.05) is 33.0 Å². The molecular formula is C12H26O3Si. The van der Waals surface area contributed by atoms with E-state index in [0.29, 0.717) is 6.10 Å². The van der Waals surface area contributed by atoms with E-state index in [1.165, 1.54) is 12.5 Å². The highest BCUT2D eigenvalue weighted by Crippen LogP contribution is 2.11. The van der Waals surface area contributed by atoms with Crippen LogP contribution in [0.3, 0.4) is 0 Å². The fourth-order valence-corrected chi connectivity index (χ4v) is 2.65. The number of ether oxygens (including phenoxy) is 3. The second-order valence-corrected chi connectivity index (χ2v) is 11.3. The molecule has 0 aromatic rings. The molecule has 0 saturated carbocycles. The molecule has 16 heavy (non-hydrogen) atoms. The zero-order valence-corrected chi connectivity index (χ0v) is 12.0. The van der Waals surface area contributed by atoms with Crippen molar-refractivity contribution in [3.05, 3.63) is 0 Å². The molecule has 0 bridgehead atoms. The van der Waals surface area contributed by atoms with Crippen LogP contribution in [-0.4, -0.2) is 47.2 Å². The summed E-state index contributed by atoms with van der Waals surface area (Å²) < 4.78 is 16.0. The Bertz CT molecular complexity index is 176. The lowest BCUT2D eigenvalue weighted by Crippen LogP contribution is -2.19. The Morgan fingerprint density at radius 2 is 1.69 bits per heavy atom. The first-order valence-corrected chi connectivity index (χ1v) is 10.1. The molecule has 96 valence electrons. The van der Waals surface area contributed by atoms with Crippen LogP contribution in [0, 0.1) is 0 Å². The van der Waals surface area contributed by atoms with E-state index in [1.807, 2.05) is 0 Å². The van der Waals surface area contributed by atoms with Crippen molar-refractivity contribution in [1.29, 1.82) is 0 Å². The van der Waals surface area contributed by atoms with Crippen molar-refractivity contribution in [1.82, 2.24) is 0 Å². The molecular weight excluding hydrogens is 220 g/mol. The highest BCUT2D eigenvalue weighted by Gasteiger charge is 2.21. The summed E-state index contributed by atoms with van der Waals surface area (Å²) in [6.45, 7) is 11.4. The minimum absolute atomic E-state index is 0.387. The molecule has 1 saturated heterocycles. The van der Waals surface area contributed by atoms with Gasteiger partial charge >= 0.3 is 0 Å². The molecule has 4 heteroatoms. The molecule has 1 atom stereocenters. The topological polar surface area (TPSA) is 31.0 Å². The summed E-state index contributed by atoms with van der Waals surface area (Å²) in [5, 5.41) is 0. The second kappa shape index (κ2) is 7.43. The molecule has 0 aromatic carbocycles. The summed E-state index contributed by atoms with van der Waals surface area (Å²) >= 11 is 0. The van der Waals surface area contributed by atoms with E-state index >= 15 is 0 Å². The van der Waals surface area contributed by atoms with Crippen molar-refractivity contribution < 1.29 is 14.2 Å². The Morgan fingerprint density at radius 1 is 1.06 bits per heavy atom. The molecule has 1 aliphatic heterocycles. The first-order valence-electron chi connectivity index (χ1n) is 6.35. The van der Waals surface area contributed by atoms with Crippen LogP contribution in [0.1, 0.15) is 12.8 Å². The largest absolute Gasteiger partial charge is 0.381 e. The van der Waals surface area contributed by atoms with Crippen molar-refractivity contribution in [2.45, 2.75) is 44.6 Å². The Balaban J connectivity index is 1.70. The summed E-state index contributed by atoms with van der Waals surface area (Å²) in [5.41, 5.74) is 0. The lowest BCUT2D eigenvalue weighted by molar-refractivity contribution is 0.0757. The van der Waals surface area contributed by atoms with E-state index in [1.54, 1.807) is 0 Å². The van der Waals surface area contributed by atoms with Gasteiger partial charge in [-0.25, -0.2) is 0 Å². The van der Waals surface area contributed by atoms with Gasteiger partial charge in [0.05, 0.1) is 13.2 Å². The van der Waals surface area contributed by atoms with Crippen LogP contribution in [-0.2, 0) is 14.2 Å². The number of hydrogen-bond donors (Lipinski definition) is 0. The predicted molar refractivity (Wildman–Crippen MR) is 68.8 cm³/mol. The van der Waals surface area contributed by atoms with E-state index in [-0.39, 0.29) is 0 Å². The van der Waals surface area contributed by atoms with E-state index < -0.39 is 8.07 Å². The van der Waals surface area contributed by atoms with Gasteiger partial charge in [-0.05, 0) is 12.8 Å². The molecule has 1 fully saturated rings. The van der Waals surface area contributed by atoms with E-state index in [9.17, 15) is 0 Å². The highest BCUT2D eigenvalue weighted by molar-refractivity contribution is 6.76. The number of rotatable bonds is 10. The van der Waals surface area contributed by atoms with Crippen LogP contribution < -0.4 is 0 Å². The number of epoxide rings is 1. The Labute approximate surface area is 100 Å². The van der Waals surface area contributed by atoms with Crippen LogP contribution in [0.25, 0.3) is 0 Å². The van der Waals surface area contributed by atoms with Crippen molar-refractivity contribution in [3.63, 3.8) is 0 Å². The third-order valence-corrected chi connectivity index (χ3v) is 4.35. The quantitative estimate of drug-likeness (QED) is 0.337. The third kappa shape index (κ3) is 9.33. The van der Waals surface area contributed by atoms with Crippen molar-refractivity contribution in [3.8, 4) is 0 Å². The van der Waals surface area contributed by atoms with Crippen LogP contribution in [0.2, 0.25) is 25.7 Å². The van der Waals surface area contributed by atoms with Crippen molar-refractivity contribution in [2.24, 2.45) is 0 Å². The van der Waals surface area contributed by atoms with E-state index in [2.05, 4.69) is 19.6 Å². The average molecular weight is 246 g/mol. The molecule has 1 unspecified atom stereocenters. The van der Waals surface area contributed by atoms with Gasteiger partial charge in [-0.3, -0.25) is 0 Å². The maximum Gasteiger partial charge on any atom is 0.104 e. The summed E-state index contributed by atoms with van der Waals surface area (Å²) in [6, 6.07) is 1.36. The normalized spacial score (nSPS) is 20.1. The first-order chi connectivity index (χ1) is 7.58. The SMILES string of the molecule is C[Si](C)(C)CCCOCCCOCC1CO1. The number of hydrogen-bond acceptors (Lipinski definition) is 3. The lowest BCUT2D eigenvalue weighted by atomic mass is 10.4. The van der Waals surface area contributed by atoms with Gasteiger partial charge in [0.1, 0.15) is 6.10 Å². The third-order valence-electron chi connectivity index (χ3n) is 2.50. The Morgan fingerprint density at radius 3 is 2.31 bits per heavy atom. The molecule has 1 heterocycles. The first kappa shape index (κ1) is 14.2. The van der Waals surface area contributed by atoms with Gasteiger partial charge in [0.2, 0.25) is 0 Å². The summed E-state index contributed by atoms with van der Waals surface area (Å²) in [4.78, 5) is 0. The average Bonchev–Trinajstić information content (AvgIpc) is 2.97. The molecule has 3 nitrogen and oxygen atoms in total. The van der Waals surface area contributed by atoms with Gasteiger partial charge < -0.3 is 14.2 Å². The standard InChI is InChI=1S/C12H26O3Si/c1-16(2,3)9-5-8-13-6-4-7-14-10-12-11-15-12/h12H,4-11H2,1-3H3. The van der Waals surface area contributed by atoms with Crippen LogP contribution >= 0.6 is 0 Å². The summed E-state index contributed by atoms with van der Waals surface area (Å²) in [6.07, 6.45) is 2.60. The molecule has 0 aromatic heterocycles. The van der Waals surface area contributed by atoms with Gasteiger partial charge in [0.15, 0.2) is 0 Å². The molecule has 1 aliphatic rings. The van der Waals surface area contributed by atoms with Gasteiger partial charge in [-0.2, -0.15) is 0 Å². The Kier molecular flexibility index (Phi) is 6.57. The second-order valence-electron chi connectivity index (χ2n) is 5.66.